The Morgan fingerprint density at radius 3 is 2.96 bits per heavy atom. The van der Waals surface area contributed by atoms with Crippen LogP contribution in [0, 0.1) is 5.92 Å². The lowest BCUT2D eigenvalue weighted by Crippen LogP contribution is -2.32. The van der Waals surface area contributed by atoms with Crippen LogP contribution in [0.15, 0.2) is 40.5 Å². The van der Waals surface area contributed by atoms with E-state index in [0.717, 1.165) is 11.3 Å². The van der Waals surface area contributed by atoms with Crippen LogP contribution >= 0.6 is 11.3 Å². The van der Waals surface area contributed by atoms with Crippen molar-refractivity contribution in [2.45, 2.75) is 25.8 Å². The maximum Gasteiger partial charge on any atom is 0.268 e. The minimum atomic E-state index is -0.215. The van der Waals surface area contributed by atoms with Crippen LogP contribution < -0.4 is 10.9 Å². The van der Waals surface area contributed by atoms with E-state index in [1.807, 2.05) is 29.6 Å². The summed E-state index contributed by atoms with van der Waals surface area (Å²) in [5.41, 5.74) is 2.40. The number of fused-ring (bicyclic) bond motifs is 2. The quantitative estimate of drug-likeness (QED) is 0.693. The summed E-state index contributed by atoms with van der Waals surface area (Å²) in [6.07, 6.45) is 1.39. The van der Waals surface area contributed by atoms with E-state index in [1.165, 1.54) is 16.2 Å². The zero-order valence-electron chi connectivity index (χ0n) is 15.4. The summed E-state index contributed by atoms with van der Waals surface area (Å²) in [6.45, 7) is 0.222. The summed E-state index contributed by atoms with van der Waals surface area (Å²) < 4.78 is 0.585. The highest BCUT2D eigenvalue weighted by Gasteiger charge is 2.26. The van der Waals surface area contributed by atoms with Crippen LogP contribution in [-0.4, -0.2) is 33.7 Å². The number of hydrogen-bond acceptors (Lipinski definition) is 5. The standard InChI is InChI=1S/C20H20N4O3S/c1-24(11-16-21-15-8-9-28-18(15)20(27)23-16)17(25)7-6-13-10-12-4-2-3-5-14(12)22-19(13)26/h2-5,8-9,13H,6-7,10-11H2,1H3,(H,22,26)(H,21,23,27). The number of thiophene rings is 1. The third kappa shape index (κ3) is 3.68. The van der Waals surface area contributed by atoms with Crippen molar-refractivity contribution in [1.29, 1.82) is 0 Å². The lowest BCUT2D eigenvalue weighted by atomic mass is 9.89. The molecule has 2 amide bonds. The fraction of sp³-hybridized carbons (Fsp3) is 0.300. The number of carbonyl (C=O) groups is 2. The highest BCUT2D eigenvalue weighted by molar-refractivity contribution is 7.17. The first-order valence-corrected chi connectivity index (χ1v) is 9.98. The number of H-pyrrole nitrogens is 1. The molecule has 2 N–H and O–H groups in total. The number of carbonyl (C=O) groups excluding carboxylic acids is 2. The lowest BCUT2D eigenvalue weighted by Gasteiger charge is -2.25. The predicted molar refractivity (Wildman–Crippen MR) is 108 cm³/mol. The molecule has 7 nitrogen and oxygen atoms in total. The Labute approximate surface area is 165 Å². The monoisotopic (exact) mass is 396 g/mol. The van der Waals surface area contributed by atoms with E-state index >= 15 is 0 Å². The van der Waals surface area contributed by atoms with E-state index in [2.05, 4.69) is 15.3 Å². The van der Waals surface area contributed by atoms with Crippen molar-refractivity contribution >= 4 is 39.1 Å². The van der Waals surface area contributed by atoms with Crippen molar-refractivity contribution in [2.24, 2.45) is 5.92 Å². The average molecular weight is 396 g/mol. The van der Waals surface area contributed by atoms with Crippen LogP contribution in [0.3, 0.4) is 0 Å². The Hall–Kier alpha value is -3.00. The molecular weight excluding hydrogens is 376 g/mol. The Morgan fingerprint density at radius 2 is 2.11 bits per heavy atom. The van der Waals surface area contributed by atoms with Crippen molar-refractivity contribution < 1.29 is 9.59 Å². The first-order chi connectivity index (χ1) is 13.5. The second-order valence-electron chi connectivity index (χ2n) is 6.98. The summed E-state index contributed by atoms with van der Waals surface area (Å²) in [5.74, 6) is 0.117. The van der Waals surface area contributed by atoms with E-state index in [0.29, 0.717) is 28.9 Å². The molecule has 1 aliphatic rings. The molecule has 0 spiro atoms. The number of aromatic amines is 1. The molecule has 1 aromatic carbocycles. The number of rotatable bonds is 5. The smallest absolute Gasteiger partial charge is 0.268 e. The SMILES string of the molecule is CN(Cc1nc2ccsc2c(=O)[nH]1)C(=O)CCC1Cc2ccccc2NC1=O. The van der Waals surface area contributed by atoms with Gasteiger partial charge in [0.25, 0.3) is 5.56 Å². The molecule has 28 heavy (non-hydrogen) atoms. The van der Waals surface area contributed by atoms with Crippen molar-refractivity contribution in [3.63, 3.8) is 0 Å². The van der Waals surface area contributed by atoms with Crippen LogP contribution in [0.5, 0.6) is 0 Å². The molecule has 0 bridgehead atoms. The molecule has 1 atom stereocenters. The molecule has 144 valence electrons. The van der Waals surface area contributed by atoms with Crippen LogP contribution in [0.4, 0.5) is 5.69 Å². The maximum absolute atomic E-state index is 12.5. The zero-order valence-corrected chi connectivity index (χ0v) is 16.2. The van der Waals surface area contributed by atoms with Crippen molar-refractivity contribution in [1.82, 2.24) is 14.9 Å². The topological polar surface area (TPSA) is 95.2 Å². The summed E-state index contributed by atoms with van der Waals surface area (Å²) in [7, 11) is 1.68. The Balaban J connectivity index is 1.37. The number of para-hydroxylation sites is 1. The van der Waals surface area contributed by atoms with Gasteiger partial charge in [0.1, 0.15) is 10.5 Å². The minimum Gasteiger partial charge on any atom is -0.338 e. The summed E-state index contributed by atoms with van der Waals surface area (Å²) >= 11 is 1.34. The van der Waals surface area contributed by atoms with Gasteiger partial charge in [-0.3, -0.25) is 14.4 Å². The number of aromatic nitrogens is 2. The van der Waals surface area contributed by atoms with Gasteiger partial charge in [0.2, 0.25) is 11.8 Å². The minimum absolute atomic E-state index is 0.0388. The molecular formula is C20H20N4O3S. The van der Waals surface area contributed by atoms with Crippen LogP contribution in [0.25, 0.3) is 10.2 Å². The number of hydrogen-bond donors (Lipinski definition) is 2. The van der Waals surface area contributed by atoms with Gasteiger partial charge in [0.15, 0.2) is 0 Å². The highest BCUT2D eigenvalue weighted by Crippen LogP contribution is 2.27. The number of benzene rings is 1. The zero-order chi connectivity index (χ0) is 19.7. The Morgan fingerprint density at radius 1 is 1.29 bits per heavy atom. The van der Waals surface area contributed by atoms with E-state index in [9.17, 15) is 14.4 Å². The van der Waals surface area contributed by atoms with Crippen molar-refractivity contribution in [3.05, 3.63) is 57.5 Å². The van der Waals surface area contributed by atoms with Gasteiger partial charge in [-0.15, -0.1) is 11.3 Å². The third-order valence-electron chi connectivity index (χ3n) is 5.00. The normalized spacial score (nSPS) is 15.9. The molecule has 0 saturated carbocycles. The lowest BCUT2D eigenvalue weighted by molar-refractivity contribution is -0.131. The number of anilines is 1. The van der Waals surface area contributed by atoms with Gasteiger partial charge in [-0.1, -0.05) is 18.2 Å². The fourth-order valence-corrected chi connectivity index (χ4v) is 4.17. The molecule has 3 aromatic rings. The van der Waals surface area contributed by atoms with Crippen molar-refractivity contribution in [3.8, 4) is 0 Å². The molecule has 1 aliphatic heterocycles. The molecule has 0 radical (unpaired) electrons. The second kappa shape index (κ2) is 7.55. The molecule has 2 aromatic heterocycles. The van der Waals surface area contributed by atoms with Gasteiger partial charge >= 0.3 is 0 Å². The van der Waals surface area contributed by atoms with Gasteiger partial charge in [-0.05, 0) is 35.9 Å². The fourth-order valence-electron chi connectivity index (χ4n) is 3.44. The highest BCUT2D eigenvalue weighted by atomic mass is 32.1. The van der Waals surface area contributed by atoms with E-state index in [1.54, 1.807) is 13.1 Å². The van der Waals surface area contributed by atoms with Crippen LogP contribution in [-0.2, 0) is 22.6 Å². The summed E-state index contributed by atoms with van der Waals surface area (Å²) in [5, 5.41) is 4.73. The molecule has 8 heteroatoms. The molecule has 1 unspecified atom stereocenters. The molecule has 0 fully saturated rings. The summed E-state index contributed by atoms with van der Waals surface area (Å²) in [4.78, 5) is 45.5. The molecule has 4 rings (SSSR count). The maximum atomic E-state index is 12.5. The number of nitrogens with one attached hydrogen (secondary N) is 2. The van der Waals surface area contributed by atoms with Crippen molar-refractivity contribution in [2.75, 3.05) is 12.4 Å². The van der Waals surface area contributed by atoms with Gasteiger partial charge in [0.05, 0.1) is 12.1 Å². The van der Waals surface area contributed by atoms with E-state index < -0.39 is 0 Å². The largest absolute Gasteiger partial charge is 0.338 e. The van der Waals surface area contributed by atoms with Gasteiger partial charge in [0, 0.05) is 25.1 Å². The summed E-state index contributed by atoms with van der Waals surface area (Å²) in [6, 6.07) is 9.52. The van der Waals surface area contributed by atoms with Gasteiger partial charge in [-0.25, -0.2) is 4.98 Å². The average Bonchev–Trinajstić information content (AvgIpc) is 3.15. The van der Waals surface area contributed by atoms with Gasteiger partial charge < -0.3 is 15.2 Å². The Kier molecular flexibility index (Phi) is 4.95. The third-order valence-corrected chi connectivity index (χ3v) is 5.90. The number of nitrogens with zero attached hydrogens (tertiary/aromatic N) is 2. The molecule has 0 aliphatic carbocycles. The molecule has 3 heterocycles. The predicted octanol–water partition coefficient (Wildman–Crippen LogP) is 2.53. The molecule has 0 saturated heterocycles. The first-order valence-electron chi connectivity index (χ1n) is 9.10. The van der Waals surface area contributed by atoms with E-state index in [4.69, 9.17) is 0 Å². The first kappa shape index (κ1) is 18.4. The Bertz CT molecular complexity index is 1100. The van der Waals surface area contributed by atoms with Crippen LogP contribution in [0.2, 0.25) is 0 Å². The number of amides is 2. The van der Waals surface area contributed by atoms with Gasteiger partial charge in [-0.2, -0.15) is 0 Å². The van der Waals surface area contributed by atoms with Crippen LogP contribution in [0.1, 0.15) is 24.2 Å². The second-order valence-corrected chi connectivity index (χ2v) is 7.90. The van der Waals surface area contributed by atoms with E-state index in [-0.39, 0.29) is 36.3 Å².